The van der Waals surface area contributed by atoms with E-state index < -0.39 is 0 Å². The summed E-state index contributed by atoms with van der Waals surface area (Å²) >= 11 is 8.35. The standard InChI is InChI=1S/C11H11ClIN3/c1-7-11(16-6-15-7)5-14-10-3-2-8(13)4-9(10)12/h2-4,6,14H,5H2,1H3,(H,15,16). The molecule has 1 aromatic carbocycles. The Balaban J connectivity index is 2.08. The maximum absolute atomic E-state index is 6.11. The molecule has 0 amide bonds. The van der Waals surface area contributed by atoms with Crippen molar-refractivity contribution in [1.29, 1.82) is 0 Å². The van der Waals surface area contributed by atoms with Crippen LogP contribution in [0.3, 0.4) is 0 Å². The van der Waals surface area contributed by atoms with Gasteiger partial charge in [0.15, 0.2) is 0 Å². The highest BCUT2D eigenvalue weighted by atomic mass is 127. The highest BCUT2D eigenvalue weighted by molar-refractivity contribution is 14.1. The van der Waals surface area contributed by atoms with Crippen LogP contribution in [0.1, 0.15) is 11.4 Å². The Bertz CT molecular complexity index is 496. The number of halogens is 2. The molecule has 2 aromatic rings. The molecule has 5 heteroatoms. The molecule has 0 aliphatic heterocycles. The number of hydrogen-bond donors (Lipinski definition) is 2. The van der Waals surface area contributed by atoms with Crippen LogP contribution in [0.4, 0.5) is 5.69 Å². The lowest BCUT2D eigenvalue weighted by Gasteiger charge is -2.07. The number of aromatic amines is 1. The van der Waals surface area contributed by atoms with Crippen molar-refractivity contribution >= 4 is 39.9 Å². The third-order valence-corrected chi connectivity index (χ3v) is 3.30. The van der Waals surface area contributed by atoms with Crippen LogP contribution in [0.5, 0.6) is 0 Å². The number of imidazole rings is 1. The fourth-order valence-corrected chi connectivity index (χ4v) is 2.30. The number of hydrogen-bond acceptors (Lipinski definition) is 2. The number of aromatic nitrogens is 2. The lowest BCUT2D eigenvalue weighted by Crippen LogP contribution is -2.01. The predicted molar refractivity (Wildman–Crippen MR) is 74.8 cm³/mol. The zero-order valence-electron chi connectivity index (χ0n) is 8.72. The molecule has 0 bridgehead atoms. The molecule has 0 saturated heterocycles. The summed E-state index contributed by atoms with van der Waals surface area (Å²) in [6.45, 7) is 2.68. The van der Waals surface area contributed by atoms with E-state index in [-0.39, 0.29) is 0 Å². The maximum atomic E-state index is 6.11. The summed E-state index contributed by atoms with van der Waals surface area (Å²) in [4.78, 5) is 7.26. The summed E-state index contributed by atoms with van der Waals surface area (Å²) in [5.41, 5.74) is 3.02. The van der Waals surface area contributed by atoms with Crippen molar-refractivity contribution in [1.82, 2.24) is 9.97 Å². The van der Waals surface area contributed by atoms with E-state index >= 15 is 0 Å². The van der Waals surface area contributed by atoms with Crippen LogP contribution in [0.25, 0.3) is 0 Å². The summed E-state index contributed by atoms with van der Waals surface area (Å²) in [6.07, 6.45) is 1.70. The quantitative estimate of drug-likeness (QED) is 0.833. The van der Waals surface area contributed by atoms with Crippen LogP contribution in [0.2, 0.25) is 5.02 Å². The van der Waals surface area contributed by atoms with E-state index in [4.69, 9.17) is 11.6 Å². The van der Waals surface area contributed by atoms with Gasteiger partial charge in [0.1, 0.15) is 0 Å². The normalized spacial score (nSPS) is 10.4. The van der Waals surface area contributed by atoms with Gasteiger partial charge in [-0.1, -0.05) is 11.6 Å². The van der Waals surface area contributed by atoms with E-state index in [0.29, 0.717) is 6.54 Å². The van der Waals surface area contributed by atoms with E-state index in [1.54, 1.807) is 6.33 Å². The number of aryl methyl sites for hydroxylation is 1. The van der Waals surface area contributed by atoms with Crippen molar-refractivity contribution in [3.05, 3.63) is 44.5 Å². The molecule has 2 N–H and O–H groups in total. The Morgan fingerprint density at radius 3 is 2.94 bits per heavy atom. The Hall–Kier alpha value is -0.750. The summed E-state index contributed by atoms with van der Waals surface area (Å²) in [5, 5.41) is 4.00. The van der Waals surface area contributed by atoms with E-state index in [1.165, 1.54) is 0 Å². The van der Waals surface area contributed by atoms with E-state index in [9.17, 15) is 0 Å². The van der Waals surface area contributed by atoms with Gasteiger partial charge in [0.2, 0.25) is 0 Å². The lowest BCUT2D eigenvalue weighted by molar-refractivity contribution is 1.05. The third-order valence-electron chi connectivity index (χ3n) is 2.31. The number of rotatable bonds is 3. The van der Waals surface area contributed by atoms with Gasteiger partial charge in [0.05, 0.1) is 29.3 Å². The van der Waals surface area contributed by atoms with Crippen LogP contribution in [-0.2, 0) is 6.54 Å². The van der Waals surface area contributed by atoms with E-state index in [1.807, 2.05) is 25.1 Å². The van der Waals surface area contributed by atoms with Crippen LogP contribution < -0.4 is 5.32 Å². The van der Waals surface area contributed by atoms with E-state index in [2.05, 4.69) is 37.9 Å². The largest absolute Gasteiger partial charge is 0.378 e. The molecule has 0 aliphatic carbocycles. The van der Waals surface area contributed by atoms with Crippen molar-refractivity contribution in [2.45, 2.75) is 13.5 Å². The topological polar surface area (TPSA) is 40.7 Å². The molecule has 1 aromatic heterocycles. The van der Waals surface area contributed by atoms with Gasteiger partial charge in [-0.3, -0.25) is 0 Å². The Morgan fingerprint density at radius 2 is 2.31 bits per heavy atom. The second-order valence-electron chi connectivity index (χ2n) is 3.45. The van der Waals surface area contributed by atoms with Crippen LogP contribution in [0, 0.1) is 10.5 Å². The Labute approximate surface area is 113 Å². The second kappa shape index (κ2) is 5.05. The average molecular weight is 348 g/mol. The van der Waals surface area contributed by atoms with Crippen molar-refractivity contribution < 1.29 is 0 Å². The van der Waals surface area contributed by atoms with Crippen molar-refractivity contribution in [3.8, 4) is 0 Å². The van der Waals surface area contributed by atoms with Gasteiger partial charge in [-0.15, -0.1) is 0 Å². The van der Waals surface area contributed by atoms with Crippen molar-refractivity contribution in [3.63, 3.8) is 0 Å². The minimum Gasteiger partial charge on any atom is -0.378 e. The van der Waals surface area contributed by atoms with Crippen LogP contribution >= 0.6 is 34.2 Å². The number of nitrogens with zero attached hydrogens (tertiary/aromatic N) is 1. The summed E-state index contributed by atoms with van der Waals surface area (Å²) in [7, 11) is 0. The molecule has 0 saturated carbocycles. The summed E-state index contributed by atoms with van der Waals surface area (Å²) < 4.78 is 1.13. The van der Waals surface area contributed by atoms with Gasteiger partial charge in [-0.25, -0.2) is 4.98 Å². The molecule has 2 rings (SSSR count). The SMILES string of the molecule is Cc1[nH]cnc1CNc1ccc(I)cc1Cl. The average Bonchev–Trinajstić information content (AvgIpc) is 2.63. The molecule has 0 fully saturated rings. The number of nitrogens with one attached hydrogen (secondary N) is 2. The number of benzene rings is 1. The fraction of sp³-hybridized carbons (Fsp3) is 0.182. The molecule has 3 nitrogen and oxygen atoms in total. The molecule has 0 atom stereocenters. The number of anilines is 1. The first-order valence-corrected chi connectivity index (χ1v) is 6.30. The zero-order valence-corrected chi connectivity index (χ0v) is 11.6. The van der Waals surface area contributed by atoms with Gasteiger partial charge < -0.3 is 10.3 Å². The smallest absolute Gasteiger partial charge is 0.0925 e. The molecular weight excluding hydrogens is 336 g/mol. The molecule has 0 unspecified atom stereocenters. The first-order chi connectivity index (χ1) is 7.66. The Morgan fingerprint density at radius 1 is 1.50 bits per heavy atom. The van der Waals surface area contributed by atoms with Crippen molar-refractivity contribution in [2.75, 3.05) is 5.32 Å². The molecular formula is C11H11ClIN3. The van der Waals surface area contributed by atoms with Crippen LogP contribution in [-0.4, -0.2) is 9.97 Å². The molecule has 16 heavy (non-hydrogen) atoms. The second-order valence-corrected chi connectivity index (χ2v) is 5.10. The predicted octanol–water partition coefficient (Wildman–Crippen LogP) is 3.59. The van der Waals surface area contributed by atoms with Gasteiger partial charge in [0, 0.05) is 9.26 Å². The highest BCUT2D eigenvalue weighted by Crippen LogP contribution is 2.24. The van der Waals surface area contributed by atoms with Gasteiger partial charge in [-0.2, -0.15) is 0 Å². The molecule has 0 radical (unpaired) electrons. The van der Waals surface area contributed by atoms with Crippen LogP contribution in [0.15, 0.2) is 24.5 Å². The molecule has 1 heterocycles. The lowest BCUT2D eigenvalue weighted by atomic mass is 10.3. The summed E-state index contributed by atoms with van der Waals surface area (Å²) in [5.74, 6) is 0. The minimum absolute atomic E-state index is 0.676. The zero-order chi connectivity index (χ0) is 11.5. The molecule has 0 aliphatic rings. The van der Waals surface area contributed by atoms with Gasteiger partial charge in [-0.05, 0) is 47.7 Å². The maximum Gasteiger partial charge on any atom is 0.0925 e. The highest BCUT2D eigenvalue weighted by Gasteiger charge is 2.03. The van der Waals surface area contributed by atoms with E-state index in [0.717, 1.165) is 25.7 Å². The minimum atomic E-state index is 0.676. The van der Waals surface area contributed by atoms with Crippen molar-refractivity contribution in [2.24, 2.45) is 0 Å². The van der Waals surface area contributed by atoms with Gasteiger partial charge in [0.25, 0.3) is 0 Å². The molecule has 0 spiro atoms. The third kappa shape index (κ3) is 2.68. The number of H-pyrrole nitrogens is 1. The molecule has 84 valence electrons. The fourth-order valence-electron chi connectivity index (χ4n) is 1.38. The first kappa shape index (κ1) is 11.7. The first-order valence-electron chi connectivity index (χ1n) is 4.84. The monoisotopic (exact) mass is 347 g/mol. The Kier molecular flexibility index (Phi) is 3.70. The summed E-state index contributed by atoms with van der Waals surface area (Å²) in [6, 6.07) is 5.93. The van der Waals surface area contributed by atoms with Gasteiger partial charge >= 0.3 is 0 Å².